The summed E-state index contributed by atoms with van der Waals surface area (Å²) in [5, 5.41) is 1.01. The Balaban J connectivity index is 1.50. The van der Waals surface area contributed by atoms with Crippen molar-refractivity contribution in [2.45, 2.75) is 57.1 Å². The minimum atomic E-state index is 0.318. The van der Waals surface area contributed by atoms with E-state index in [9.17, 15) is 4.79 Å². The van der Waals surface area contributed by atoms with Crippen molar-refractivity contribution in [3.05, 3.63) is 48.5 Å². The van der Waals surface area contributed by atoms with Crippen molar-refractivity contribution < 1.29 is 14.3 Å². The fourth-order valence-electron chi connectivity index (χ4n) is 4.67. The van der Waals surface area contributed by atoms with Gasteiger partial charge >= 0.3 is 0 Å². The van der Waals surface area contributed by atoms with E-state index in [2.05, 4.69) is 35.8 Å². The lowest BCUT2D eigenvalue weighted by Gasteiger charge is -2.26. The Morgan fingerprint density at radius 3 is 2.08 bits per heavy atom. The van der Waals surface area contributed by atoms with Gasteiger partial charge in [-0.1, -0.05) is 11.8 Å². The summed E-state index contributed by atoms with van der Waals surface area (Å²) in [6.45, 7) is 4.85. The Kier molecular flexibility index (Phi) is 9.34. The van der Waals surface area contributed by atoms with Gasteiger partial charge in [-0.2, -0.15) is 0 Å². The number of amides is 1. The van der Waals surface area contributed by atoms with Crippen molar-refractivity contribution in [2.24, 2.45) is 0 Å². The highest BCUT2D eigenvalue weighted by molar-refractivity contribution is 7.99. The van der Waals surface area contributed by atoms with Crippen LogP contribution in [-0.2, 0) is 11.3 Å². The number of thioether (sulfide) groups is 1. The first-order valence-corrected chi connectivity index (χ1v) is 13.9. The molecule has 0 spiro atoms. The third-order valence-electron chi connectivity index (χ3n) is 6.70. The molecule has 2 aromatic carbocycles. The summed E-state index contributed by atoms with van der Waals surface area (Å²) >= 11 is 1.78. The molecule has 192 valence electrons. The van der Waals surface area contributed by atoms with E-state index in [0.29, 0.717) is 12.3 Å². The van der Waals surface area contributed by atoms with E-state index in [1.807, 2.05) is 29.2 Å². The first-order valence-electron chi connectivity index (χ1n) is 12.9. The Morgan fingerprint density at radius 1 is 0.889 bits per heavy atom. The molecule has 0 saturated carbocycles. The number of piperidine rings is 1. The molecule has 0 aliphatic carbocycles. The lowest BCUT2D eigenvalue weighted by Crippen LogP contribution is -2.35. The van der Waals surface area contributed by atoms with Crippen LogP contribution >= 0.6 is 11.8 Å². The van der Waals surface area contributed by atoms with E-state index in [1.165, 1.54) is 6.42 Å². The minimum absolute atomic E-state index is 0.318. The fourth-order valence-corrected chi connectivity index (χ4v) is 5.73. The number of benzene rings is 2. The van der Waals surface area contributed by atoms with Crippen molar-refractivity contribution in [3.63, 3.8) is 0 Å². The lowest BCUT2D eigenvalue weighted by atomic mass is 10.0. The number of rotatable bonds is 11. The van der Waals surface area contributed by atoms with Crippen LogP contribution in [0.5, 0.6) is 11.5 Å². The number of nitrogens with zero attached hydrogens (tertiary/aromatic N) is 3. The number of carbonyl (C=O) groups is 1. The van der Waals surface area contributed by atoms with Crippen LogP contribution in [0, 0.1) is 0 Å². The number of unbranched alkanes of at least 4 members (excludes halogenated alkanes) is 1. The van der Waals surface area contributed by atoms with Crippen LogP contribution in [0.3, 0.4) is 0 Å². The third kappa shape index (κ3) is 6.25. The van der Waals surface area contributed by atoms with Crippen LogP contribution in [0.25, 0.3) is 22.5 Å². The Bertz CT molecular complexity index is 1120. The molecule has 1 amide bonds. The standard InChI is InChI=1S/C29H37N3O3S/c1-4-32-28(23-13-17-25(35-3)18-14-23)27(22-11-15-24(34-2)16-12-22)30-29(32)36-21-9-6-10-26(33)31-19-7-5-8-20-31/h11-18H,4-10,19-21H2,1-3H3. The van der Waals surface area contributed by atoms with Gasteiger partial charge in [-0.3, -0.25) is 4.79 Å². The van der Waals surface area contributed by atoms with Gasteiger partial charge < -0.3 is 18.9 Å². The maximum Gasteiger partial charge on any atom is 0.222 e. The van der Waals surface area contributed by atoms with Gasteiger partial charge in [-0.15, -0.1) is 0 Å². The molecule has 0 N–H and O–H groups in total. The van der Waals surface area contributed by atoms with Crippen molar-refractivity contribution in [2.75, 3.05) is 33.1 Å². The highest BCUT2D eigenvalue weighted by Gasteiger charge is 2.20. The first-order chi connectivity index (χ1) is 17.6. The van der Waals surface area contributed by atoms with Crippen LogP contribution in [0.15, 0.2) is 53.7 Å². The highest BCUT2D eigenvalue weighted by atomic mass is 32.2. The van der Waals surface area contributed by atoms with Crippen LogP contribution in [0.1, 0.15) is 45.4 Å². The molecule has 0 atom stereocenters. The van der Waals surface area contributed by atoms with Crippen molar-refractivity contribution >= 4 is 17.7 Å². The molecule has 0 radical (unpaired) electrons. The Hall–Kier alpha value is -2.93. The predicted molar refractivity (Wildman–Crippen MR) is 147 cm³/mol. The summed E-state index contributed by atoms with van der Waals surface area (Å²) in [7, 11) is 3.36. The number of imidazole rings is 1. The van der Waals surface area contributed by atoms with E-state index in [0.717, 1.165) is 90.2 Å². The summed E-state index contributed by atoms with van der Waals surface area (Å²) in [4.78, 5) is 19.6. The Labute approximate surface area is 219 Å². The van der Waals surface area contributed by atoms with Crippen molar-refractivity contribution in [3.8, 4) is 34.0 Å². The fraction of sp³-hybridized carbons (Fsp3) is 0.448. The normalized spacial score (nSPS) is 13.6. The molecule has 36 heavy (non-hydrogen) atoms. The van der Waals surface area contributed by atoms with Crippen LogP contribution in [0.4, 0.5) is 0 Å². The third-order valence-corrected chi connectivity index (χ3v) is 7.76. The molecule has 2 heterocycles. The van der Waals surface area contributed by atoms with Crippen LogP contribution in [-0.4, -0.2) is 53.4 Å². The number of likely N-dealkylation sites (tertiary alicyclic amines) is 1. The molecule has 0 bridgehead atoms. The largest absolute Gasteiger partial charge is 0.497 e. The molecule has 1 aliphatic rings. The number of carbonyl (C=O) groups excluding carboxylic acids is 1. The molecule has 1 aromatic heterocycles. The second-order valence-electron chi connectivity index (χ2n) is 9.04. The summed E-state index contributed by atoms with van der Waals surface area (Å²) < 4.78 is 13.0. The molecule has 4 rings (SSSR count). The molecule has 1 fully saturated rings. The van der Waals surface area contributed by atoms with Gasteiger partial charge in [0, 0.05) is 42.9 Å². The number of aromatic nitrogens is 2. The number of hydrogen-bond acceptors (Lipinski definition) is 5. The second kappa shape index (κ2) is 12.9. The van der Waals surface area contributed by atoms with Crippen molar-refractivity contribution in [1.82, 2.24) is 14.5 Å². The predicted octanol–water partition coefficient (Wildman–Crippen LogP) is 6.53. The van der Waals surface area contributed by atoms with Gasteiger partial charge in [-0.25, -0.2) is 4.98 Å². The highest BCUT2D eigenvalue weighted by Crippen LogP contribution is 2.37. The van der Waals surface area contributed by atoms with E-state index < -0.39 is 0 Å². The summed E-state index contributed by atoms with van der Waals surface area (Å²) in [5.41, 5.74) is 4.23. The minimum Gasteiger partial charge on any atom is -0.497 e. The van der Waals surface area contributed by atoms with Crippen LogP contribution < -0.4 is 9.47 Å². The topological polar surface area (TPSA) is 56.6 Å². The van der Waals surface area contributed by atoms with E-state index in [1.54, 1.807) is 26.0 Å². The van der Waals surface area contributed by atoms with Gasteiger partial charge in [0.25, 0.3) is 0 Å². The van der Waals surface area contributed by atoms with Gasteiger partial charge in [0.05, 0.1) is 25.6 Å². The van der Waals surface area contributed by atoms with Crippen molar-refractivity contribution in [1.29, 1.82) is 0 Å². The zero-order chi connectivity index (χ0) is 25.3. The molecule has 7 heteroatoms. The quantitative estimate of drug-likeness (QED) is 0.218. The zero-order valence-electron chi connectivity index (χ0n) is 21.7. The van der Waals surface area contributed by atoms with E-state index in [4.69, 9.17) is 14.5 Å². The molecule has 1 aliphatic heterocycles. The maximum atomic E-state index is 12.5. The first kappa shape index (κ1) is 26.1. The maximum absolute atomic E-state index is 12.5. The molecular weight excluding hydrogens is 470 g/mol. The van der Waals surface area contributed by atoms with Crippen LogP contribution in [0.2, 0.25) is 0 Å². The number of hydrogen-bond donors (Lipinski definition) is 0. The van der Waals surface area contributed by atoms with Gasteiger partial charge in [-0.05, 0) is 87.6 Å². The summed E-state index contributed by atoms with van der Waals surface area (Å²) in [6.07, 6.45) is 6.11. The molecule has 1 saturated heterocycles. The summed E-state index contributed by atoms with van der Waals surface area (Å²) in [6, 6.07) is 16.3. The number of methoxy groups -OCH3 is 2. The van der Waals surface area contributed by atoms with Gasteiger partial charge in [0.1, 0.15) is 11.5 Å². The molecule has 3 aromatic rings. The molecule has 6 nitrogen and oxygen atoms in total. The lowest BCUT2D eigenvalue weighted by molar-refractivity contribution is -0.132. The van der Waals surface area contributed by atoms with Gasteiger partial charge in [0.15, 0.2) is 5.16 Å². The molecular formula is C29H37N3O3S. The van der Waals surface area contributed by atoms with E-state index >= 15 is 0 Å². The smallest absolute Gasteiger partial charge is 0.222 e. The SMILES string of the molecule is CCn1c(SCCCCC(=O)N2CCCCC2)nc(-c2ccc(OC)cc2)c1-c1ccc(OC)cc1. The Morgan fingerprint density at radius 2 is 1.50 bits per heavy atom. The second-order valence-corrected chi connectivity index (χ2v) is 10.1. The zero-order valence-corrected chi connectivity index (χ0v) is 22.5. The monoisotopic (exact) mass is 507 g/mol. The van der Waals surface area contributed by atoms with Gasteiger partial charge in [0.2, 0.25) is 5.91 Å². The number of ether oxygens (including phenoxy) is 2. The average Bonchev–Trinajstić information content (AvgIpc) is 3.31. The summed E-state index contributed by atoms with van der Waals surface area (Å²) in [5.74, 6) is 2.92. The van der Waals surface area contributed by atoms with E-state index in [-0.39, 0.29) is 0 Å². The molecule has 0 unspecified atom stereocenters. The average molecular weight is 508 g/mol.